The minimum atomic E-state index is -0.234. The van der Waals surface area contributed by atoms with E-state index < -0.39 is 0 Å². The summed E-state index contributed by atoms with van der Waals surface area (Å²) >= 11 is 0. The van der Waals surface area contributed by atoms with E-state index in [1.807, 2.05) is 0 Å². The van der Waals surface area contributed by atoms with Crippen molar-refractivity contribution in [2.24, 2.45) is 17.3 Å². The predicted octanol–water partition coefficient (Wildman–Crippen LogP) is 2.71. The topological polar surface area (TPSA) is 41.1 Å². The second-order valence-electron chi connectivity index (χ2n) is 6.98. The maximum atomic E-state index is 12.5. The largest absolute Gasteiger partial charge is 0.355 e. The quantitative estimate of drug-likeness (QED) is 0.821. The van der Waals surface area contributed by atoms with E-state index >= 15 is 0 Å². The van der Waals surface area contributed by atoms with E-state index in [1.165, 1.54) is 44.9 Å². The van der Waals surface area contributed by atoms with Gasteiger partial charge in [-0.25, -0.2) is 0 Å². The van der Waals surface area contributed by atoms with Crippen LogP contribution in [0.2, 0.25) is 0 Å². The summed E-state index contributed by atoms with van der Waals surface area (Å²) in [6.45, 7) is 7.21. The number of carbonyl (C=O) groups is 1. The fourth-order valence-electron chi connectivity index (χ4n) is 3.51. The average molecular weight is 266 g/mol. The van der Waals surface area contributed by atoms with Crippen molar-refractivity contribution in [1.82, 2.24) is 10.6 Å². The number of piperidine rings is 1. The van der Waals surface area contributed by atoms with Gasteiger partial charge in [0.25, 0.3) is 0 Å². The van der Waals surface area contributed by atoms with Gasteiger partial charge in [0.2, 0.25) is 5.91 Å². The first-order valence-electron chi connectivity index (χ1n) is 8.09. The number of nitrogens with one attached hydrogen (secondary N) is 2. The lowest BCUT2D eigenvalue weighted by Gasteiger charge is -2.36. The lowest BCUT2D eigenvalue weighted by atomic mass is 9.74. The summed E-state index contributed by atoms with van der Waals surface area (Å²) in [5.74, 6) is 1.46. The molecule has 1 saturated heterocycles. The van der Waals surface area contributed by atoms with Crippen molar-refractivity contribution < 1.29 is 4.79 Å². The Morgan fingerprint density at radius 2 is 1.89 bits per heavy atom. The van der Waals surface area contributed by atoms with Crippen LogP contribution in [0.5, 0.6) is 0 Å². The second kappa shape index (κ2) is 6.74. The highest BCUT2D eigenvalue weighted by Crippen LogP contribution is 2.32. The van der Waals surface area contributed by atoms with Crippen LogP contribution in [0.15, 0.2) is 0 Å². The van der Waals surface area contributed by atoms with E-state index in [9.17, 15) is 4.79 Å². The van der Waals surface area contributed by atoms with Gasteiger partial charge in [0.15, 0.2) is 0 Å². The van der Waals surface area contributed by atoms with Gasteiger partial charge in [-0.15, -0.1) is 0 Å². The Morgan fingerprint density at radius 1 is 1.16 bits per heavy atom. The molecule has 1 heterocycles. The summed E-state index contributed by atoms with van der Waals surface area (Å²) in [5, 5.41) is 6.64. The van der Waals surface area contributed by atoms with Crippen molar-refractivity contribution >= 4 is 5.91 Å². The molecule has 110 valence electrons. The van der Waals surface area contributed by atoms with Crippen molar-refractivity contribution in [2.45, 2.75) is 58.8 Å². The van der Waals surface area contributed by atoms with Crippen LogP contribution in [0.3, 0.4) is 0 Å². The van der Waals surface area contributed by atoms with E-state index in [0.29, 0.717) is 5.92 Å². The van der Waals surface area contributed by atoms with E-state index in [2.05, 4.69) is 24.5 Å². The lowest BCUT2D eigenvalue weighted by Crippen LogP contribution is -2.48. The Hall–Kier alpha value is -0.570. The molecule has 2 fully saturated rings. The number of amides is 1. The third-order valence-corrected chi connectivity index (χ3v) is 5.18. The molecule has 0 aromatic heterocycles. The van der Waals surface area contributed by atoms with Crippen LogP contribution < -0.4 is 10.6 Å². The van der Waals surface area contributed by atoms with Crippen LogP contribution in [0.1, 0.15) is 58.8 Å². The Kier molecular flexibility index (Phi) is 5.26. The highest BCUT2D eigenvalue weighted by Gasteiger charge is 2.37. The Bertz CT molecular complexity index is 289. The molecule has 1 saturated carbocycles. The molecule has 3 nitrogen and oxygen atoms in total. The van der Waals surface area contributed by atoms with E-state index in [-0.39, 0.29) is 11.3 Å². The van der Waals surface area contributed by atoms with Crippen LogP contribution >= 0.6 is 0 Å². The molecule has 1 atom stereocenters. The monoisotopic (exact) mass is 266 g/mol. The Labute approximate surface area is 117 Å². The molecule has 1 unspecified atom stereocenters. The molecule has 0 aromatic rings. The minimum Gasteiger partial charge on any atom is -0.355 e. The molecular weight excluding hydrogens is 236 g/mol. The Balaban J connectivity index is 1.79. The van der Waals surface area contributed by atoms with Crippen LogP contribution in [0.25, 0.3) is 0 Å². The van der Waals surface area contributed by atoms with Crippen LogP contribution in [-0.2, 0) is 4.79 Å². The zero-order valence-corrected chi connectivity index (χ0v) is 12.6. The summed E-state index contributed by atoms with van der Waals surface area (Å²) in [6, 6.07) is 0. The third-order valence-electron chi connectivity index (χ3n) is 5.18. The molecule has 1 aliphatic carbocycles. The first-order chi connectivity index (χ1) is 9.10. The standard InChI is InChI=1S/C16H30N2O/c1-16(2,14-9-6-10-17-12-14)15(19)18-11-13-7-4-3-5-8-13/h13-14,17H,3-12H2,1-2H3,(H,18,19). The molecule has 0 spiro atoms. The van der Waals surface area contributed by atoms with Crippen LogP contribution in [-0.4, -0.2) is 25.5 Å². The summed E-state index contributed by atoms with van der Waals surface area (Å²) in [5.41, 5.74) is -0.234. The van der Waals surface area contributed by atoms with E-state index in [4.69, 9.17) is 0 Å². The summed E-state index contributed by atoms with van der Waals surface area (Å²) in [6.07, 6.45) is 9.04. The smallest absolute Gasteiger partial charge is 0.225 e. The molecule has 3 heteroatoms. The minimum absolute atomic E-state index is 0.234. The van der Waals surface area contributed by atoms with Crippen LogP contribution in [0, 0.1) is 17.3 Å². The molecule has 2 rings (SSSR count). The van der Waals surface area contributed by atoms with Gasteiger partial charge in [0.1, 0.15) is 0 Å². The zero-order chi connectivity index (χ0) is 13.7. The van der Waals surface area contributed by atoms with E-state index in [1.54, 1.807) is 0 Å². The highest BCUT2D eigenvalue weighted by molar-refractivity contribution is 5.82. The molecule has 0 bridgehead atoms. The Morgan fingerprint density at radius 3 is 2.53 bits per heavy atom. The molecular formula is C16H30N2O. The fraction of sp³-hybridized carbons (Fsp3) is 0.938. The van der Waals surface area contributed by atoms with Crippen LogP contribution in [0.4, 0.5) is 0 Å². The van der Waals surface area contributed by atoms with Crippen molar-refractivity contribution in [3.8, 4) is 0 Å². The molecule has 0 radical (unpaired) electrons. The molecule has 19 heavy (non-hydrogen) atoms. The van der Waals surface area contributed by atoms with Crippen molar-refractivity contribution in [1.29, 1.82) is 0 Å². The first kappa shape index (κ1) is 14.8. The summed E-state index contributed by atoms with van der Waals surface area (Å²) < 4.78 is 0. The molecule has 2 N–H and O–H groups in total. The summed E-state index contributed by atoms with van der Waals surface area (Å²) in [4.78, 5) is 12.5. The van der Waals surface area contributed by atoms with Gasteiger partial charge in [-0.1, -0.05) is 33.1 Å². The maximum Gasteiger partial charge on any atom is 0.225 e. The first-order valence-corrected chi connectivity index (χ1v) is 8.09. The fourth-order valence-corrected chi connectivity index (χ4v) is 3.51. The van der Waals surface area contributed by atoms with Crippen molar-refractivity contribution in [3.05, 3.63) is 0 Å². The number of rotatable bonds is 4. The van der Waals surface area contributed by atoms with Gasteiger partial charge >= 0.3 is 0 Å². The van der Waals surface area contributed by atoms with Crippen molar-refractivity contribution in [2.75, 3.05) is 19.6 Å². The number of hydrogen-bond acceptors (Lipinski definition) is 2. The summed E-state index contributed by atoms with van der Waals surface area (Å²) in [7, 11) is 0. The second-order valence-corrected chi connectivity index (χ2v) is 6.98. The van der Waals surface area contributed by atoms with Gasteiger partial charge in [-0.05, 0) is 50.6 Å². The van der Waals surface area contributed by atoms with Crippen molar-refractivity contribution in [3.63, 3.8) is 0 Å². The number of hydrogen-bond donors (Lipinski definition) is 2. The normalized spacial score (nSPS) is 26.1. The molecule has 2 aliphatic rings. The van der Waals surface area contributed by atoms with Gasteiger partial charge in [-0.3, -0.25) is 4.79 Å². The van der Waals surface area contributed by atoms with Gasteiger partial charge in [-0.2, -0.15) is 0 Å². The maximum absolute atomic E-state index is 12.5. The van der Waals surface area contributed by atoms with Gasteiger partial charge in [0.05, 0.1) is 0 Å². The lowest BCUT2D eigenvalue weighted by molar-refractivity contribution is -0.132. The highest BCUT2D eigenvalue weighted by atomic mass is 16.2. The predicted molar refractivity (Wildman–Crippen MR) is 79.0 cm³/mol. The SMILES string of the molecule is CC(C)(C(=O)NCC1CCCCC1)C1CCCNC1. The molecule has 0 aromatic carbocycles. The van der Waals surface area contributed by atoms with Gasteiger partial charge < -0.3 is 10.6 Å². The molecule has 1 aliphatic heterocycles. The third kappa shape index (κ3) is 3.95. The van der Waals surface area contributed by atoms with E-state index in [0.717, 1.165) is 25.6 Å². The van der Waals surface area contributed by atoms with Gasteiger partial charge in [0, 0.05) is 12.0 Å². The zero-order valence-electron chi connectivity index (χ0n) is 12.6. The molecule has 1 amide bonds. The average Bonchev–Trinajstić information content (AvgIpc) is 2.46. The number of carbonyl (C=O) groups excluding carboxylic acids is 1.